The Labute approximate surface area is 271 Å². The lowest BCUT2D eigenvalue weighted by atomic mass is 9.86. The molecule has 0 radical (unpaired) electrons. The van der Waals surface area contributed by atoms with Crippen molar-refractivity contribution in [3.8, 4) is 34.1 Å². The lowest BCUT2D eigenvalue weighted by Gasteiger charge is -2.19. The predicted molar refractivity (Wildman–Crippen MR) is 190 cm³/mol. The molecule has 0 fully saturated rings. The smallest absolute Gasteiger partial charge is 0.137 e. The van der Waals surface area contributed by atoms with Crippen molar-refractivity contribution < 1.29 is 4.74 Å². The number of pyridine rings is 1. The van der Waals surface area contributed by atoms with E-state index in [0.29, 0.717) is 0 Å². The van der Waals surface area contributed by atoms with E-state index in [0.717, 1.165) is 63.8 Å². The van der Waals surface area contributed by atoms with Gasteiger partial charge in [0.25, 0.3) is 0 Å². The molecule has 5 nitrogen and oxygen atoms in total. The van der Waals surface area contributed by atoms with Crippen LogP contribution in [0.2, 0.25) is 0 Å². The second-order valence-electron chi connectivity index (χ2n) is 13.2. The second-order valence-corrected chi connectivity index (χ2v) is 13.2. The molecule has 0 unspecified atom stereocenters. The van der Waals surface area contributed by atoms with Crippen molar-refractivity contribution in [3.05, 3.63) is 132 Å². The molecule has 0 spiro atoms. The van der Waals surface area contributed by atoms with Gasteiger partial charge >= 0.3 is 0 Å². The zero-order chi connectivity index (χ0) is 32.0. The number of aryl methyl sites for hydroxylation is 2. The molecule has 0 amide bonds. The molecule has 3 heterocycles. The molecule has 3 aromatic heterocycles. The summed E-state index contributed by atoms with van der Waals surface area (Å²) in [6.07, 6.45) is 4.04. The molecule has 4 aromatic carbocycles. The number of hydrogen-bond donors (Lipinski definition) is 0. The fourth-order valence-electron chi connectivity index (χ4n) is 6.54. The first kappa shape index (κ1) is 29.5. The molecule has 0 aliphatic carbocycles. The number of aromatic nitrogens is 4. The standard InChI is InChI=1S/C41H40N4O/c1-7-12-29-21-22-42-39(23-29)44-37-20-17-31(41(4,5)6)24-36(37)35-19-18-34(26-38(35)44)46-33-16-11-15-32(25-33)45-28(3)40(27(2)43-45)30-13-9-8-10-14-30/h8-11,13-26H,7,12H2,1-6H3. The minimum atomic E-state index is 0.0449. The summed E-state index contributed by atoms with van der Waals surface area (Å²) in [5.74, 6) is 2.45. The van der Waals surface area contributed by atoms with Crippen LogP contribution in [0.5, 0.6) is 11.5 Å². The minimum absolute atomic E-state index is 0.0449. The highest BCUT2D eigenvalue weighted by atomic mass is 16.5. The molecule has 0 aliphatic heterocycles. The Morgan fingerprint density at radius 2 is 1.54 bits per heavy atom. The Hall–Kier alpha value is -5.16. The van der Waals surface area contributed by atoms with Crippen molar-refractivity contribution in [1.82, 2.24) is 19.3 Å². The summed E-state index contributed by atoms with van der Waals surface area (Å²) in [5.41, 5.74) is 10.2. The number of fused-ring (bicyclic) bond motifs is 3. The normalized spacial score (nSPS) is 11.9. The Morgan fingerprint density at radius 1 is 0.739 bits per heavy atom. The number of ether oxygens (including phenoxy) is 1. The molecule has 0 aliphatic rings. The predicted octanol–water partition coefficient (Wildman–Crippen LogP) is 10.7. The maximum atomic E-state index is 6.56. The summed E-state index contributed by atoms with van der Waals surface area (Å²) in [7, 11) is 0. The van der Waals surface area contributed by atoms with Gasteiger partial charge in [-0.2, -0.15) is 5.10 Å². The van der Waals surface area contributed by atoms with E-state index in [1.807, 2.05) is 29.1 Å². The fourth-order valence-corrected chi connectivity index (χ4v) is 6.54. The highest BCUT2D eigenvalue weighted by Crippen LogP contribution is 2.38. The Bertz CT molecular complexity index is 2200. The lowest BCUT2D eigenvalue weighted by Crippen LogP contribution is -2.10. The van der Waals surface area contributed by atoms with Crippen molar-refractivity contribution in [2.75, 3.05) is 0 Å². The summed E-state index contributed by atoms with van der Waals surface area (Å²) in [4.78, 5) is 4.85. The first-order chi connectivity index (χ1) is 22.2. The zero-order valence-corrected chi connectivity index (χ0v) is 27.5. The summed E-state index contributed by atoms with van der Waals surface area (Å²) < 4.78 is 10.8. The Balaban J connectivity index is 1.31. The molecule has 7 aromatic rings. The van der Waals surface area contributed by atoms with Crippen molar-refractivity contribution in [1.29, 1.82) is 0 Å². The maximum absolute atomic E-state index is 6.56. The zero-order valence-electron chi connectivity index (χ0n) is 27.5. The number of rotatable bonds is 7. The molecule has 230 valence electrons. The van der Waals surface area contributed by atoms with Crippen LogP contribution >= 0.6 is 0 Å². The van der Waals surface area contributed by atoms with Gasteiger partial charge < -0.3 is 4.74 Å². The fraction of sp³-hybridized carbons (Fsp3) is 0.220. The quantitative estimate of drug-likeness (QED) is 0.182. The highest BCUT2D eigenvalue weighted by Gasteiger charge is 2.20. The van der Waals surface area contributed by atoms with Crippen molar-refractivity contribution in [3.63, 3.8) is 0 Å². The van der Waals surface area contributed by atoms with Crippen LogP contribution < -0.4 is 4.74 Å². The van der Waals surface area contributed by atoms with Crippen LogP contribution in [0.3, 0.4) is 0 Å². The van der Waals surface area contributed by atoms with Gasteiger partial charge in [0.1, 0.15) is 17.3 Å². The van der Waals surface area contributed by atoms with E-state index in [4.69, 9.17) is 14.8 Å². The maximum Gasteiger partial charge on any atom is 0.137 e. The van der Waals surface area contributed by atoms with E-state index in [1.165, 1.54) is 27.5 Å². The van der Waals surface area contributed by atoms with E-state index >= 15 is 0 Å². The number of benzene rings is 4. The largest absolute Gasteiger partial charge is 0.457 e. The van der Waals surface area contributed by atoms with Crippen LogP contribution in [0, 0.1) is 13.8 Å². The van der Waals surface area contributed by atoms with Crippen molar-refractivity contribution in [2.24, 2.45) is 0 Å². The van der Waals surface area contributed by atoms with Crippen LogP contribution in [-0.4, -0.2) is 19.3 Å². The molecule has 0 saturated heterocycles. The van der Waals surface area contributed by atoms with Gasteiger partial charge in [0, 0.05) is 40.4 Å². The van der Waals surface area contributed by atoms with E-state index in [2.05, 4.69) is 131 Å². The topological polar surface area (TPSA) is 44.9 Å². The van der Waals surface area contributed by atoms with Gasteiger partial charge in [-0.1, -0.05) is 76.6 Å². The van der Waals surface area contributed by atoms with E-state index in [9.17, 15) is 0 Å². The Kier molecular flexibility index (Phi) is 7.48. The third-order valence-corrected chi connectivity index (χ3v) is 8.83. The van der Waals surface area contributed by atoms with Crippen LogP contribution in [0.4, 0.5) is 0 Å². The number of nitrogens with zero attached hydrogens (tertiary/aromatic N) is 4. The van der Waals surface area contributed by atoms with Crippen LogP contribution in [0.25, 0.3) is 44.4 Å². The van der Waals surface area contributed by atoms with Gasteiger partial charge in [-0.25, -0.2) is 9.67 Å². The first-order valence-corrected chi connectivity index (χ1v) is 16.1. The summed E-state index contributed by atoms with van der Waals surface area (Å²) in [6, 6.07) is 36.2. The average Bonchev–Trinajstić information content (AvgIpc) is 3.53. The molecule has 0 atom stereocenters. The monoisotopic (exact) mass is 604 g/mol. The molecule has 0 saturated carbocycles. The molecular formula is C41H40N4O. The molecule has 0 N–H and O–H groups in total. The van der Waals surface area contributed by atoms with Crippen LogP contribution in [0.1, 0.15) is 56.6 Å². The van der Waals surface area contributed by atoms with Gasteiger partial charge in [0.15, 0.2) is 0 Å². The van der Waals surface area contributed by atoms with Crippen molar-refractivity contribution >= 4 is 21.8 Å². The van der Waals surface area contributed by atoms with E-state index < -0.39 is 0 Å². The third kappa shape index (κ3) is 5.36. The lowest BCUT2D eigenvalue weighted by molar-refractivity contribution is 0.482. The first-order valence-electron chi connectivity index (χ1n) is 16.1. The molecule has 5 heteroatoms. The number of hydrogen-bond acceptors (Lipinski definition) is 3. The summed E-state index contributed by atoms with van der Waals surface area (Å²) in [6.45, 7) is 13.2. The molecule has 7 rings (SSSR count). The van der Waals surface area contributed by atoms with Crippen molar-refractivity contribution in [2.45, 2.75) is 59.8 Å². The molecule has 46 heavy (non-hydrogen) atoms. The van der Waals surface area contributed by atoms with Gasteiger partial charge in [0.2, 0.25) is 0 Å². The van der Waals surface area contributed by atoms with E-state index in [-0.39, 0.29) is 5.41 Å². The van der Waals surface area contributed by atoms with Gasteiger partial charge in [0.05, 0.1) is 22.4 Å². The van der Waals surface area contributed by atoms with E-state index in [1.54, 1.807) is 0 Å². The SMILES string of the molecule is CCCc1ccnc(-n2c3ccc(C(C)(C)C)cc3c3ccc(Oc4cccc(-n5nc(C)c(-c6ccccc6)c5C)c4)cc32)c1. The van der Waals surface area contributed by atoms with Gasteiger partial charge in [-0.15, -0.1) is 0 Å². The van der Waals surface area contributed by atoms with Gasteiger partial charge in [-0.05, 0) is 90.9 Å². The van der Waals surface area contributed by atoms with Crippen LogP contribution in [0.15, 0.2) is 109 Å². The molecular weight excluding hydrogens is 564 g/mol. The van der Waals surface area contributed by atoms with Gasteiger partial charge in [-0.3, -0.25) is 4.57 Å². The minimum Gasteiger partial charge on any atom is -0.457 e. The van der Waals surface area contributed by atoms with Crippen LogP contribution in [-0.2, 0) is 11.8 Å². The third-order valence-electron chi connectivity index (χ3n) is 8.83. The summed E-state index contributed by atoms with van der Waals surface area (Å²) in [5, 5.41) is 7.31. The second kappa shape index (κ2) is 11.6. The average molecular weight is 605 g/mol. The molecule has 0 bridgehead atoms. The Morgan fingerprint density at radius 3 is 2.33 bits per heavy atom. The highest BCUT2D eigenvalue weighted by molar-refractivity contribution is 6.09. The summed E-state index contributed by atoms with van der Waals surface area (Å²) >= 11 is 0.